The highest BCUT2D eigenvalue weighted by atomic mass is 35.5. The van der Waals surface area contributed by atoms with Gasteiger partial charge in [0.1, 0.15) is 12.4 Å². The number of nitrogens with one attached hydrogen (secondary N) is 1. The van der Waals surface area contributed by atoms with Gasteiger partial charge in [0, 0.05) is 17.6 Å². The maximum atomic E-state index is 5.97. The molecule has 100 valence electrons. The number of rotatable bonds is 8. The van der Waals surface area contributed by atoms with E-state index in [0.29, 0.717) is 12.6 Å². The molecule has 1 unspecified atom stereocenters. The van der Waals surface area contributed by atoms with Crippen molar-refractivity contribution in [2.75, 3.05) is 13.2 Å². The van der Waals surface area contributed by atoms with Crippen LogP contribution in [-0.2, 0) is 6.42 Å². The van der Waals surface area contributed by atoms with Crippen LogP contribution in [0.25, 0.3) is 0 Å². The molecular weight excluding hydrogens is 246 g/mol. The van der Waals surface area contributed by atoms with Crippen LogP contribution in [0.4, 0.5) is 0 Å². The molecular formula is C15H22ClNO. The smallest absolute Gasteiger partial charge is 0.122 e. The molecule has 2 nitrogen and oxygen atoms in total. The molecule has 0 saturated heterocycles. The van der Waals surface area contributed by atoms with Gasteiger partial charge < -0.3 is 10.1 Å². The second-order valence-electron chi connectivity index (χ2n) is 4.36. The van der Waals surface area contributed by atoms with Crippen molar-refractivity contribution in [2.45, 2.75) is 32.7 Å². The molecule has 1 aromatic carbocycles. The summed E-state index contributed by atoms with van der Waals surface area (Å²) in [4.78, 5) is 0. The number of hydrogen-bond acceptors (Lipinski definition) is 2. The molecule has 0 spiro atoms. The van der Waals surface area contributed by atoms with Crippen molar-refractivity contribution >= 4 is 11.6 Å². The van der Waals surface area contributed by atoms with E-state index in [1.54, 1.807) is 0 Å². The number of hydrogen-bond donors (Lipinski definition) is 1. The van der Waals surface area contributed by atoms with Gasteiger partial charge in [-0.05, 0) is 43.5 Å². The third kappa shape index (κ3) is 5.11. The Bertz CT molecular complexity index is 379. The Morgan fingerprint density at radius 3 is 2.94 bits per heavy atom. The van der Waals surface area contributed by atoms with Crippen molar-refractivity contribution in [1.29, 1.82) is 0 Å². The van der Waals surface area contributed by atoms with E-state index in [9.17, 15) is 0 Å². The molecule has 18 heavy (non-hydrogen) atoms. The minimum absolute atomic E-state index is 0.534. The summed E-state index contributed by atoms with van der Waals surface area (Å²) >= 11 is 5.97. The van der Waals surface area contributed by atoms with E-state index in [0.717, 1.165) is 35.7 Å². The molecule has 1 rings (SSSR count). The maximum absolute atomic E-state index is 5.97. The molecule has 0 aliphatic carbocycles. The predicted octanol–water partition coefficient (Wildman–Crippen LogP) is 3.84. The molecule has 0 amide bonds. The fraction of sp³-hybridized carbons (Fsp3) is 0.467. The molecule has 0 aromatic heterocycles. The zero-order valence-electron chi connectivity index (χ0n) is 11.2. The fourth-order valence-corrected chi connectivity index (χ4v) is 1.81. The zero-order valence-corrected chi connectivity index (χ0v) is 12.0. The van der Waals surface area contributed by atoms with Gasteiger partial charge in [0.05, 0.1) is 0 Å². The minimum atomic E-state index is 0.534. The second kappa shape index (κ2) is 8.17. The molecule has 1 aromatic rings. The van der Waals surface area contributed by atoms with Crippen molar-refractivity contribution in [3.8, 4) is 5.75 Å². The van der Waals surface area contributed by atoms with E-state index in [-0.39, 0.29) is 0 Å². The quantitative estimate of drug-likeness (QED) is 0.571. The molecule has 0 aliphatic rings. The summed E-state index contributed by atoms with van der Waals surface area (Å²) in [5.74, 6) is 0.894. The van der Waals surface area contributed by atoms with Crippen molar-refractivity contribution in [2.24, 2.45) is 0 Å². The number of halogens is 1. The van der Waals surface area contributed by atoms with Gasteiger partial charge in [-0.15, -0.1) is 6.58 Å². The van der Waals surface area contributed by atoms with Crippen LogP contribution in [0.5, 0.6) is 5.75 Å². The Hall–Kier alpha value is -0.990. The Morgan fingerprint density at radius 1 is 1.50 bits per heavy atom. The Labute approximate surface area is 115 Å². The lowest BCUT2D eigenvalue weighted by atomic mass is 10.1. The van der Waals surface area contributed by atoms with E-state index in [1.807, 2.05) is 24.3 Å². The monoisotopic (exact) mass is 267 g/mol. The lowest BCUT2D eigenvalue weighted by Crippen LogP contribution is -2.29. The predicted molar refractivity (Wildman–Crippen MR) is 78.6 cm³/mol. The molecule has 1 atom stereocenters. The van der Waals surface area contributed by atoms with Crippen LogP contribution >= 0.6 is 11.6 Å². The van der Waals surface area contributed by atoms with Gasteiger partial charge in [0.25, 0.3) is 0 Å². The first-order chi connectivity index (χ1) is 8.67. The highest BCUT2D eigenvalue weighted by Gasteiger charge is 2.04. The van der Waals surface area contributed by atoms with E-state index in [4.69, 9.17) is 16.3 Å². The van der Waals surface area contributed by atoms with Crippen LogP contribution in [0, 0.1) is 0 Å². The van der Waals surface area contributed by atoms with Crippen molar-refractivity contribution in [3.05, 3.63) is 41.4 Å². The van der Waals surface area contributed by atoms with Crippen LogP contribution in [0.1, 0.15) is 25.8 Å². The second-order valence-corrected chi connectivity index (χ2v) is 4.79. The number of benzene rings is 1. The van der Waals surface area contributed by atoms with Crippen molar-refractivity contribution < 1.29 is 4.74 Å². The standard InChI is InChI=1S/C15H22ClNO/c1-4-6-13-11-14(16)7-8-15(13)18-10-9-17-12(3)5-2/h4,7-8,11-12,17H,1,5-6,9-10H2,2-3H3. The summed E-state index contributed by atoms with van der Waals surface area (Å²) in [5.41, 5.74) is 1.08. The summed E-state index contributed by atoms with van der Waals surface area (Å²) in [6, 6.07) is 6.24. The van der Waals surface area contributed by atoms with E-state index in [1.165, 1.54) is 0 Å². The first kappa shape index (κ1) is 15.1. The number of ether oxygens (including phenoxy) is 1. The molecule has 0 aliphatic heterocycles. The minimum Gasteiger partial charge on any atom is -0.492 e. The van der Waals surface area contributed by atoms with Gasteiger partial charge in [-0.25, -0.2) is 0 Å². The van der Waals surface area contributed by atoms with Gasteiger partial charge in [-0.1, -0.05) is 24.6 Å². The fourth-order valence-electron chi connectivity index (χ4n) is 1.61. The highest BCUT2D eigenvalue weighted by Crippen LogP contribution is 2.23. The summed E-state index contributed by atoms with van der Waals surface area (Å²) in [7, 11) is 0. The van der Waals surface area contributed by atoms with Crippen molar-refractivity contribution in [3.63, 3.8) is 0 Å². The van der Waals surface area contributed by atoms with E-state index in [2.05, 4.69) is 25.7 Å². The lowest BCUT2D eigenvalue weighted by molar-refractivity contribution is 0.304. The zero-order chi connectivity index (χ0) is 13.4. The molecule has 0 fully saturated rings. The molecule has 0 heterocycles. The Morgan fingerprint density at radius 2 is 2.28 bits per heavy atom. The van der Waals surface area contributed by atoms with E-state index < -0.39 is 0 Å². The highest BCUT2D eigenvalue weighted by molar-refractivity contribution is 6.30. The largest absolute Gasteiger partial charge is 0.492 e. The average Bonchev–Trinajstić information content (AvgIpc) is 2.36. The topological polar surface area (TPSA) is 21.3 Å². The van der Waals surface area contributed by atoms with Crippen LogP contribution in [0.15, 0.2) is 30.9 Å². The van der Waals surface area contributed by atoms with Crippen LogP contribution < -0.4 is 10.1 Å². The van der Waals surface area contributed by atoms with Crippen LogP contribution in [-0.4, -0.2) is 19.2 Å². The summed E-state index contributed by atoms with van der Waals surface area (Å²) in [6.07, 6.45) is 3.76. The van der Waals surface area contributed by atoms with Crippen molar-refractivity contribution in [1.82, 2.24) is 5.32 Å². The van der Waals surface area contributed by atoms with E-state index >= 15 is 0 Å². The van der Waals surface area contributed by atoms with Crippen LogP contribution in [0.3, 0.4) is 0 Å². The first-order valence-corrected chi connectivity index (χ1v) is 6.80. The third-order valence-corrected chi connectivity index (χ3v) is 3.09. The molecule has 3 heteroatoms. The average molecular weight is 268 g/mol. The third-order valence-electron chi connectivity index (χ3n) is 2.85. The first-order valence-electron chi connectivity index (χ1n) is 6.42. The lowest BCUT2D eigenvalue weighted by Gasteiger charge is -2.14. The summed E-state index contributed by atoms with van der Waals surface area (Å²) < 4.78 is 5.77. The van der Waals surface area contributed by atoms with Gasteiger partial charge in [-0.3, -0.25) is 0 Å². The SMILES string of the molecule is C=CCc1cc(Cl)ccc1OCCNC(C)CC. The maximum Gasteiger partial charge on any atom is 0.122 e. The molecule has 0 radical (unpaired) electrons. The summed E-state index contributed by atoms with van der Waals surface area (Å²) in [6.45, 7) is 9.60. The molecule has 0 saturated carbocycles. The van der Waals surface area contributed by atoms with Gasteiger partial charge in [0.2, 0.25) is 0 Å². The van der Waals surface area contributed by atoms with Crippen LogP contribution in [0.2, 0.25) is 5.02 Å². The molecule has 0 bridgehead atoms. The van der Waals surface area contributed by atoms with Gasteiger partial charge in [0.15, 0.2) is 0 Å². The molecule has 1 N–H and O–H groups in total. The summed E-state index contributed by atoms with van der Waals surface area (Å²) in [5, 5.41) is 4.13. The normalized spacial score (nSPS) is 12.2. The number of allylic oxidation sites excluding steroid dienone is 1. The Kier molecular flexibility index (Phi) is 6.84. The van der Waals surface area contributed by atoms with Gasteiger partial charge >= 0.3 is 0 Å². The van der Waals surface area contributed by atoms with Gasteiger partial charge in [-0.2, -0.15) is 0 Å². The Balaban J connectivity index is 2.48.